The third-order valence-corrected chi connectivity index (χ3v) is 3.27. The van der Waals surface area contributed by atoms with Gasteiger partial charge in [-0.05, 0) is 44.4 Å². The third-order valence-electron chi connectivity index (χ3n) is 3.27. The van der Waals surface area contributed by atoms with E-state index in [1.54, 1.807) is 6.07 Å². The van der Waals surface area contributed by atoms with Crippen LogP contribution in [0.5, 0.6) is 0 Å². The molecule has 0 spiro atoms. The van der Waals surface area contributed by atoms with E-state index >= 15 is 0 Å². The Morgan fingerprint density at radius 1 is 1.44 bits per heavy atom. The summed E-state index contributed by atoms with van der Waals surface area (Å²) in [5, 5.41) is 8.80. The Bertz CT molecular complexity index is 420. The Hall–Kier alpha value is -1.69. The molecule has 2 rings (SSSR count). The first-order valence-electron chi connectivity index (χ1n) is 5.78. The zero-order valence-corrected chi connectivity index (χ0v) is 9.61. The summed E-state index contributed by atoms with van der Waals surface area (Å²) < 4.78 is 0. The molecule has 1 aromatic rings. The Balaban J connectivity index is 2.29. The van der Waals surface area contributed by atoms with Crippen molar-refractivity contribution in [3.05, 3.63) is 23.8 Å². The summed E-state index contributed by atoms with van der Waals surface area (Å²) in [6.45, 7) is 3.30. The van der Waals surface area contributed by atoms with Gasteiger partial charge in [-0.15, -0.1) is 0 Å². The molecule has 0 aromatic heterocycles. The molecule has 0 bridgehead atoms. The van der Waals surface area contributed by atoms with Gasteiger partial charge in [0.25, 0.3) is 0 Å². The summed E-state index contributed by atoms with van der Waals surface area (Å²) >= 11 is 0. The van der Waals surface area contributed by atoms with Crippen molar-refractivity contribution in [3.8, 4) is 6.07 Å². The fourth-order valence-electron chi connectivity index (χ4n) is 2.34. The highest BCUT2D eigenvalue weighted by molar-refractivity contribution is 5.70. The first-order chi connectivity index (χ1) is 7.72. The van der Waals surface area contributed by atoms with Gasteiger partial charge in [0.1, 0.15) is 0 Å². The number of anilines is 2. The van der Waals surface area contributed by atoms with Gasteiger partial charge in [-0.1, -0.05) is 0 Å². The normalized spacial score (nSPS) is 20.5. The maximum absolute atomic E-state index is 8.80. The van der Waals surface area contributed by atoms with Crippen LogP contribution in [0.1, 0.15) is 31.7 Å². The van der Waals surface area contributed by atoms with Crippen molar-refractivity contribution in [2.24, 2.45) is 0 Å². The van der Waals surface area contributed by atoms with Gasteiger partial charge in [0.05, 0.1) is 23.0 Å². The van der Waals surface area contributed by atoms with Gasteiger partial charge in [0.2, 0.25) is 0 Å². The number of nitriles is 1. The monoisotopic (exact) mass is 215 g/mol. The number of nitrogen functional groups attached to an aromatic ring is 1. The summed E-state index contributed by atoms with van der Waals surface area (Å²) in [6, 6.07) is 8.22. The maximum Gasteiger partial charge on any atom is 0.0992 e. The molecular weight excluding hydrogens is 198 g/mol. The quantitative estimate of drug-likeness (QED) is 0.732. The van der Waals surface area contributed by atoms with Crippen molar-refractivity contribution < 1.29 is 0 Å². The zero-order chi connectivity index (χ0) is 11.5. The lowest BCUT2D eigenvalue weighted by molar-refractivity contribution is 0.485. The van der Waals surface area contributed by atoms with Gasteiger partial charge in [-0.3, -0.25) is 0 Å². The largest absolute Gasteiger partial charge is 0.397 e. The number of piperidine rings is 1. The van der Waals surface area contributed by atoms with Crippen molar-refractivity contribution in [1.29, 1.82) is 5.26 Å². The molecule has 1 aliphatic heterocycles. The van der Waals surface area contributed by atoms with E-state index in [4.69, 9.17) is 11.0 Å². The summed E-state index contributed by atoms with van der Waals surface area (Å²) in [5.74, 6) is 0. The van der Waals surface area contributed by atoms with Crippen LogP contribution in [0, 0.1) is 11.3 Å². The van der Waals surface area contributed by atoms with Crippen molar-refractivity contribution in [2.75, 3.05) is 17.2 Å². The van der Waals surface area contributed by atoms with Gasteiger partial charge in [-0.25, -0.2) is 0 Å². The van der Waals surface area contributed by atoms with Gasteiger partial charge < -0.3 is 10.6 Å². The van der Waals surface area contributed by atoms with E-state index in [9.17, 15) is 0 Å². The molecule has 0 radical (unpaired) electrons. The first-order valence-corrected chi connectivity index (χ1v) is 5.78. The van der Waals surface area contributed by atoms with Crippen molar-refractivity contribution in [1.82, 2.24) is 0 Å². The van der Waals surface area contributed by atoms with E-state index < -0.39 is 0 Å². The molecule has 1 saturated heterocycles. The SMILES string of the molecule is C[C@H]1CCCCN1c1ccc(C#N)cc1N. The molecular formula is C13H17N3. The Labute approximate surface area is 96.5 Å². The topological polar surface area (TPSA) is 53.0 Å². The minimum absolute atomic E-state index is 0.545. The number of hydrogen-bond acceptors (Lipinski definition) is 3. The van der Waals surface area contributed by atoms with E-state index in [1.807, 2.05) is 12.1 Å². The minimum atomic E-state index is 0.545. The molecule has 0 aliphatic carbocycles. The maximum atomic E-state index is 8.80. The summed E-state index contributed by atoms with van der Waals surface area (Å²) in [5.41, 5.74) is 8.42. The highest BCUT2D eigenvalue weighted by Crippen LogP contribution is 2.29. The molecule has 0 amide bonds. The molecule has 0 saturated carbocycles. The highest BCUT2D eigenvalue weighted by atomic mass is 15.2. The summed E-state index contributed by atoms with van der Waals surface area (Å²) in [6.07, 6.45) is 3.75. The van der Waals surface area contributed by atoms with Crippen molar-refractivity contribution in [3.63, 3.8) is 0 Å². The Morgan fingerprint density at radius 2 is 2.25 bits per heavy atom. The predicted octanol–water partition coefficient (Wildman–Crippen LogP) is 2.52. The first kappa shape index (κ1) is 10.8. The van der Waals surface area contributed by atoms with Crippen LogP contribution in [0.15, 0.2) is 18.2 Å². The molecule has 1 fully saturated rings. The van der Waals surface area contributed by atoms with Crippen LogP contribution in [0.25, 0.3) is 0 Å². The van der Waals surface area contributed by atoms with Crippen LogP contribution in [0.2, 0.25) is 0 Å². The van der Waals surface area contributed by atoms with E-state index in [2.05, 4.69) is 17.9 Å². The number of nitrogens with two attached hydrogens (primary N) is 1. The minimum Gasteiger partial charge on any atom is -0.397 e. The highest BCUT2D eigenvalue weighted by Gasteiger charge is 2.20. The molecule has 2 N–H and O–H groups in total. The third kappa shape index (κ3) is 1.96. The number of nitrogens with zero attached hydrogens (tertiary/aromatic N) is 2. The molecule has 1 aromatic carbocycles. The summed E-state index contributed by atoms with van der Waals surface area (Å²) in [7, 11) is 0. The number of hydrogen-bond donors (Lipinski definition) is 1. The second-order valence-corrected chi connectivity index (χ2v) is 4.42. The lowest BCUT2D eigenvalue weighted by Gasteiger charge is -2.36. The lowest BCUT2D eigenvalue weighted by atomic mass is 10.0. The molecule has 84 valence electrons. The molecule has 0 unspecified atom stereocenters. The standard InChI is InChI=1S/C13H17N3/c1-10-4-2-3-7-16(10)13-6-5-11(9-14)8-12(13)15/h5-6,8,10H,2-4,7,15H2,1H3/t10-/m0/s1. The van der Waals surface area contributed by atoms with Gasteiger partial charge >= 0.3 is 0 Å². The predicted molar refractivity (Wildman–Crippen MR) is 66.2 cm³/mol. The van der Waals surface area contributed by atoms with E-state index in [1.165, 1.54) is 19.3 Å². The van der Waals surface area contributed by atoms with E-state index in [0.717, 1.165) is 12.2 Å². The van der Waals surface area contributed by atoms with Crippen LogP contribution in [-0.2, 0) is 0 Å². The Morgan fingerprint density at radius 3 is 2.88 bits per heavy atom. The Kier molecular flexibility index (Phi) is 3.00. The van der Waals surface area contributed by atoms with Crippen molar-refractivity contribution in [2.45, 2.75) is 32.2 Å². The molecule has 1 heterocycles. The number of benzene rings is 1. The van der Waals surface area contributed by atoms with Gasteiger partial charge in [-0.2, -0.15) is 5.26 Å². The summed E-state index contributed by atoms with van der Waals surface area (Å²) in [4.78, 5) is 2.35. The second-order valence-electron chi connectivity index (χ2n) is 4.42. The zero-order valence-electron chi connectivity index (χ0n) is 9.61. The molecule has 16 heavy (non-hydrogen) atoms. The van der Waals surface area contributed by atoms with Crippen molar-refractivity contribution >= 4 is 11.4 Å². The van der Waals surface area contributed by atoms with Crippen LogP contribution >= 0.6 is 0 Å². The molecule has 1 atom stereocenters. The molecule has 3 nitrogen and oxygen atoms in total. The van der Waals surface area contributed by atoms with Gasteiger partial charge in [0, 0.05) is 12.6 Å². The van der Waals surface area contributed by atoms with Crippen LogP contribution in [0.4, 0.5) is 11.4 Å². The van der Waals surface area contributed by atoms with E-state index in [-0.39, 0.29) is 0 Å². The fraction of sp³-hybridized carbons (Fsp3) is 0.462. The van der Waals surface area contributed by atoms with Gasteiger partial charge in [0.15, 0.2) is 0 Å². The van der Waals surface area contributed by atoms with Crippen LogP contribution in [0.3, 0.4) is 0 Å². The average molecular weight is 215 g/mol. The van der Waals surface area contributed by atoms with E-state index in [0.29, 0.717) is 17.3 Å². The smallest absolute Gasteiger partial charge is 0.0992 e. The average Bonchev–Trinajstić information content (AvgIpc) is 2.30. The second kappa shape index (κ2) is 4.44. The lowest BCUT2D eigenvalue weighted by Crippen LogP contribution is -2.37. The molecule has 1 aliphatic rings. The fourth-order valence-corrected chi connectivity index (χ4v) is 2.34. The number of rotatable bonds is 1. The van der Waals surface area contributed by atoms with Crippen LogP contribution < -0.4 is 10.6 Å². The molecule has 3 heteroatoms. The van der Waals surface area contributed by atoms with Crippen LogP contribution in [-0.4, -0.2) is 12.6 Å².